The van der Waals surface area contributed by atoms with Gasteiger partial charge in [0.2, 0.25) is 5.91 Å². The summed E-state index contributed by atoms with van der Waals surface area (Å²) in [5.74, 6) is -1.59. The van der Waals surface area contributed by atoms with Crippen LogP contribution < -0.4 is 16.4 Å². The maximum Gasteiger partial charge on any atom is 0.330 e. The van der Waals surface area contributed by atoms with Crippen LogP contribution in [0, 0.1) is 0 Å². The monoisotopic (exact) mass is 279 g/mol. The predicted octanol–water partition coefficient (Wildman–Crippen LogP) is 0.377. The molecule has 3 amide bonds. The maximum atomic E-state index is 11.6. The zero-order valence-electron chi connectivity index (χ0n) is 10.8. The lowest BCUT2D eigenvalue weighted by Crippen LogP contribution is -2.41. The molecule has 5 N–H and O–H groups in total. The lowest BCUT2D eigenvalue weighted by Gasteiger charge is -2.15. The van der Waals surface area contributed by atoms with Gasteiger partial charge in [0, 0.05) is 13.0 Å². The van der Waals surface area contributed by atoms with Crippen molar-refractivity contribution in [2.45, 2.75) is 18.9 Å². The Labute approximate surface area is 116 Å². The van der Waals surface area contributed by atoms with Gasteiger partial charge in [0.15, 0.2) is 6.04 Å². The van der Waals surface area contributed by atoms with Crippen LogP contribution in [0.1, 0.15) is 24.4 Å². The number of amides is 3. The zero-order valence-corrected chi connectivity index (χ0v) is 10.8. The van der Waals surface area contributed by atoms with E-state index in [1.807, 2.05) is 0 Å². The minimum absolute atomic E-state index is 0.168. The first kappa shape index (κ1) is 15.5. The molecule has 7 nitrogen and oxygen atoms in total. The van der Waals surface area contributed by atoms with E-state index in [2.05, 4.69) is 10.6 Å². The van der Waals surface area contributed by atoms with Crippen molar-refractivity contribution < 1.29 is 19.5 Å². The van der Waals surface area contributed by atoms with Gasteiger partial charge in [-0.25, -0.2) is 9.59 Å². The number of benzene rings is 1. The molecule has 0 spiro atoms. The number of hydrogen-bond acceptors (Lipinski definition) is 3. The first-order valence-electron chi connectivity index (χ1n) is 6.11. The Morgan fingerprint density at radius 2 is 1.85 bits per heavy atom. The standard InChI is InChI=1S/C13H17N3O4/c14-10(17)7-4-8-15-13(20)16-11(12(18)19)9-5-2-1-3-6-9/h1-3,5-6,11H,4,7-8H2,(H2,14,17)(H,18,19)(H2,15,16,20). The number of carbonyl (C=O) groups is 3. The maximum absolute atomic E-state index is 11.6. The van der Waals surface area contributed by atoms with Gasteiger partial charge >= 0.3 is 12.0 Å². The highest BCUT2D eigenvalue weighted by Crippen LogP contribution is 2.12. The number of carbonyl (C=O) groups excluding carboxylic acids is 2. The molecule has 0 aliphatic heterocycles. The summed E-state index contributed by atoms with van der Waals surface area (Å²) in [5, 5.41) is 13.9. The minimum atomic E-state index is -1.15. The van der Waals surface area contributed by atoms with Gasteiger partial charge in [-0.1, -0.05) is 30.3 Å². The Balaban J connectivity index is 2.48. The number of nitrogens with one attached hydrogen (secondary N) is 2. The van der Waals surface area contributed by atoms with Gasteiger partial charge in [-0.3, -0.25) is 4.79 Å². The van der Waals surface area contributed by atoms with Gasteiger partial charge in [0.1, 0.15) is 0 Å². The molecule has 0 saturated heterocycles. The van der Waals surface area contributed by atoms with Crippen molar-refractivity contribution in [1.29, 1.82) is 0 Å². The van der Waals surface area contributed by atoms with Crippen LogP contribution in [0.15, 0.2) is 30.3 Å². The highest BCUT2D eigenvalue weighted by molar-refractivity contribution is 5.83. The highest BCUT2D eigenvalue weighted by atomic mass is 16.4. The number of nitrogens with two attached hydrogens (primary N) is 1. The third-order valence-electron chi connectivity index (χ3n) is 2.54. The zero-order chi connectivity index (χ0) is 15.0. The molecule has 0 saturated carbocycles. The molecule has 1 unspecified atom stereocenters. The van der Waals surface area contributed by atoms with Gasteiger partial charge in [-0.15, -0.1) is 0 Å². The number of carboxylic acids is 1. The second-order valence-corrected chi connectivity index (χ2v) is 4.15. The van der Waals surface area contributed by atoms with Crippen molar-refractivity contribution in [3.8, 4) is 0 Å². The number of urea groups is 1. The number of aliphatic carboxylic acids is 1. The van der Waals surface area contributed by atoms with Crippen molar-refractivity contribution in [2.24, 2.45) is 5.73 Å². The number of rotatable bonds is 7. The fourth-order valence-corrected chi connectivity index (χ4v) is 1.58. The Morgan fingerprint density at radius 1 is 1.20 bits per heavy atom. The second-order valence-electron chi connectivity index (χ2n) is 4.15. The van der Waals surface area contributed by atoms with Gasteiger partial charge in [-0.2, -0.15) is 0 Å². The SMILES string of the molecule is NC(=O)CCCNC(=O)NC(C(=O)O)c1ccccc1. The summed E-state index contributed by atoms with van der Waals surface area (Å²) < 4.78 is 0. The van der Waals surface area contributed by atoms with Gasteiger partial charge < -0.3 is 21.5 Å². The summed E-state index contributed by atoms with van der Waals surface area (Å²) >= 11 is 0. The molecule has 0 aliphatic carbocycles. The second kappa shape index (κ2) is 7.78. The number of hydrogen-bond donors (Lipinski definition) is 4. The molecule has 108 valence electrons. The van der Waals surface area contributed by atoms with Crippen LogP contribution in [0.4, 0.5) is 4.79 Å². The van der Waals surface area contributed by atoms with Crippen LogP contribution in [0.5, 0.6) is 0 Å². The molecule has 7 heteroatoms. The highest BCUT2D eigenvalue weighted by Gasteiger charge is 2.21. The fraction of sp³-hybridized carbons (Fsp3) is 0.308. The van der Waals surface area contributed by atoms with Crippen LogP contribution in [0.3, 0.4) is 0 Å². The molecule has 0 heterocycles. The van der Waals surface area contributed by atoms with Crippen LogP contribution in [0.2, 0.25) is 0 Å². The molecule has 0 radical (unpaired) electrons. The average molecular weight is 279 g/mol. The number of carboxylic acid groups (broad SMARTS) is 1. The molecule has 0 aliphatic rings. The van der Waals surface area contributed by atoms with Crippen LogP contribution in [-0.2, 0) is 9.59 Å². The Kier molecular flexibility index (Phi) is 6.02. The molecule has 1 aromatic carbocycles. The van der Waals surface area contributed by atoms with E-state index in [0.717, 1.165) is 0 Å². The summed E-state index contributed by atoms with van der Waals surface area (Å²) in [6, 6.07) is 6.65. The quantitative estimate of drug-likeness (QED) is 0.539. The van der Waals surface area contributed by atoms with Crippen LogP contribution >= 0.6 is 0 Å². The molecule has 20 heavy (non-hydrogen) atoms. The molecule has 1 aromatic rings. The van der Waals surface area contributed by atoms with Crippen LogP contribution in [0.25, 0.3) is 0 Å². The van der Waals surface area contributed by atoms with E-state index in [1.165, 1.54) is 0 Å². The van der Waals surface area contributed by atoms with E-state index in [-0.39, 0.29) is 13.0 Å². The van der Waals surface area contributed by atoms with E-state index in [1.54, 1.807) is 30.3 Å². The topological polar surface area (TPSA) is 122 Å². The molecular weight excluding hydrogens is 262 g/mol. The van der Waals surface area contributed by atoms with E-state index in [4.69, 9.17) is 10.8 Å². The first-order valence-corrected chi connectivity index (χ1v) is 6.11. The van der Waals surface area contributed by atoms with E-state index < -0.39 is 23.9 Å². The third-order valence-corrected chi connectivity index (χ3v) is 2.54. The summed E-state index contributed by atoms with van der Waals surface area (Å²) in [4.78, 5) is 33.2. The Bertz CT molecular complexity index is 476. The van der Waals surface area contributed by atoms with E-state index >= 15 is 0 Å². The first-order chi connectivity index (χ1) is 9.50. The number of primary amides is 1. The minimum Gasteiger partial charge on any atom is -0.479 e. The van der Waals surface area contributed by atoms with E-state index in [0.29, 0.717) is 12.0 Å². The smallest absolute Gasteiger partial charge is 0.330 e. The normalized spacial score (nSPS) is 11.4. The average Bonchev–Trinajstić information content (AvgIpc) is 2.41. The molecule has 0 aromatic heterocycles. The van der Waals surface area contributed by atoms with Crippen LogP contribution in [-0.4, -0.2) is 29.6 Å². The Morgan fingerprint density at radius 3 is 2.40 bits per heavy atom. The molecule has 0 bridgehead atoms. The summed E-state index contributed by atoms with van der Waals surface area (Å²) in [6.07, 6.45) is 0.577. The molecule has 1 rings (SSSR count). The van der Waals surface area contributed by atoms with Crippen molar-refractivity contribution in [3.05, 3.63) is 35.9 Å². The third kappa shape index (κ3) is 5.38. The summed E-state index contributed by atoms with van der Waals surface area (Å²) in [7, 11) is 0. The Hall–Kier alpha value is -2.57. The lowest BCUT2D eigenvalue weighted by molar-refractivity contribution is -0.139. The summed E-state index contributed by atoms with van der Waals surface area (Å²) in [6.45, 7) is 0.246. The van der Waals surface area contributed by atoms with Gasteiger partial charge in [-0.05, 0) is 12.0 Å². The van der Waals surface area contributed by atoms with Gasteiger partial charge in [0.05, 0.1) is 0 Å². The largest absolute Gasteiger partial charge is 0.479 e. The summed E-state index contributed by atoms with van der Waals surface area (Å²) in [5.41, 5.74) is 5.44. The predicted molar refractivity (Wildman–Crippen MR) is 71.8 cm³/mol. The van der Waals surface area contributed by atoms with Crippen molar-refractivity contribution in [2.75, 3.05) is 6.54 Å². The fourth-order valence-electron chi connectivity index (χ4n) is 1.58. The molecule has 1 atom stereocenters. The molecular formula is C13H17N3O4. The van der Waals surface area contributed by atoms with Crippen molar-refractivity contribution >= 4 is 17.9 Å². The lowest BCUT2D eigenvalue weighted by atomic mass is 10.1. The van der Waals surface area contributed by atoms with Gasteiger partial charge in [0.25, 0.3) is 0 Å². The van der Waals surface area contributed by atoms with Crippen molar-refractivity contribution in [3.63, 3.8) is 0 Å². The molecule has 0 fully saturated rings. The van der Waals surface area contributed by atoms with Crippen molar-refractivity contribution in [1.82, 2.24) is 10.6 Å². The van der Waals surface area contributed by atoms with E-state index in [9.17, 15) is 14.4 Å².